The number of rotatable bonds is 0. The first-order chi connectivity index (χ1) is 4.61. The molecule has 1 aromatic rings. The Bertz CT molecular complexity index is 216. The van der Waals surface area contributed by atoms with E-state index < -0.39 is 11.9 Å². The Balaban J connectivity index is 3.28. The molecule has 0 atom stereocenters. The molecule has 5 heteroatoms. The fourth-order valence-electron chi connectivity index (χ4n) is 0.423. The van der Waals surface area contributed by atoms with Crippen molar-refractivity contribution in [2.45, 2.75) is 0 Å². The summed E-state index contributed by atoms with van der Waals surface area (Å²) in [4.78, 5) is 2.98. The van der Waals surface area contributed by atoms with Crippen LogP contribution in [0.15, 0.2) is 10.5 Å². The van der Waals surface area contributed by atoms with Crippen molar-refractivity contribution in [1.29, 1.82) is 0 Å². The Hall–Kier alpha value is 0.220. The van der Waals surface area contributed by atoms with Crippen molar-refractivity contribution in [3.8, 4) is 0 Å². The minimum absolute atomic E-state index is 0.179. The maximum atomic E-state index is 12.4. The summed E-state index contributed by atoms with van der Waals surface area (Å²) in [6.45, 7) is 0. The summed E-state index contributed by atoms with van der Waals surface area (Å²) < 4.78 is 25.2. The van der Waals surface area contributed by atoms with Gasteiger partial charge in [0.2, 0.25) is 11.9 Å². The van der Waals surface area contributed by atoms with Crippen LogP contribution >= 0.6 is 38.5 Å². The van der Waals surface area contributed by atoms with Crippen LogP contribution in [0.3, 0.4) is 0 Å². The van der Waals surface area contributed by atoms with Gasteiger partial charge < -0.3 is 0 Å². The second kappa shape index (κ2) is 3.08. The van der Waals surface area contributed by atoms with Crippen molar-refractivity contribution in [2.75, 3.05) is 0 Å². The molecule has 1 aromatic heterocycles. The second-order valence-corrected chi connectivity index (χ2v) is 3.55. The van der Waals surface area contributed by atoms with E-state index in [1.54, 1.807) is 22.6 Å². The van der Waals surface area contributed by atoms with E-state index in [2.05, 4.69) is 20.9 Å². The molecule has 0 aliphatic carbocycles. The first kappa shape index (κ1) is 8.32. The van der Waals surface area contributed by atoms with Crippen molar-refractivity contribution in [3.05, 3.63) is 26.0 Å². The van der Waals surface area contributed by atoms with E-state index in [0.29, 0.717) is 3.57 Å². The van der Waals surface area contributed by atoms with E-state index in [-0.39, 0.29) is 4.47 Å². The average molecular weight is 320 g/mol. The molecule has 0 aliphatic heterocycles. The van der Waals surface area contributed by atoms with Crippen LogP contribution in [0.1, 0.15) is 0 Å². The quantitative estimate of drug-likeness (QED) is 0.529. The molecule has 0 fully saturated rings. The molecule has 0 bridgehead atoms. The zero-order chi connectivity index (χ0) is 7.72. The van der Waals surface area contributed by atoms with Gasteiger partial charge in [0, 0.05) is 0 Å². The van der Waals surface area contributed by atoms with E-state index in [9.17, 15) is 8.78 Å². The Morgan fingerprint density at radius 3 is 2.50 bits per heavy atom. The van der Waals surface area contributed by atoms with Gasteiger partial charge >= 0.3 is 0 Å². The van der Waals surface area contributed by atoms with Gasteiger partial charge in [-0.3, -0.25) is 0 Å². The number of pyridine rings is 1. The number of nitrogens with zero attached hydrogens (tertiary/aromatic N) is 1. The van der Waals surface area contributed by atoms with Gasteiger partial charge in [-0.15, -0.1) is 0 Å². The maximum Gasteiger partial charge on any atom is 0.229 e. The van der Waals surface area contributed by atoms with Crippen LogP contribution in [0.4, 0.5) is 8.78 Å². The largest absolute Gasteiger partial charge is 0.229 e. The first-order valence-corrected chi connectivity index (χ1v) is 4.15. The van der Waals surface area contributed by atoms with Crippen molar-refractivity contribution in [2.24, 2.45) is 0 Å². The zero-order valence-electron chi connectivity index (χ0n) is 4.54. The Morgan fingerprint density at radius 2 is 2.00 bits per heavy atom. The highest BCUT2D eigenvalue weighted by atomic mass is 127. The van der Waals surface area contributed by atoms with Gasteiger partial charge in [-0.05, 0) is 44.6 Å². The molecule has 54 valence electrons. The molecule has 0 amide bonds. The molecular formula is C5HBrF2IN. The predicted octanol–water partition coefficient (Wildman–Crippen LogP) is 2.73. The van der Waals surface area contributed by atoms with Crippen molar-refractivity contribution in [3.63, 3.8) is 0 Å². The normalized spacial score (nSPS) is 10.0. The van der Waals surface area contributed by atoms with Gasteiger partial charge in [-0.2, -0.15) is 13.8 Å². The van der Waals surface area contributed by atoms with E-state index in [0.717, 1.165) is 0 Å². The van der Waals surface area contributed by atoms with Crippen LogP contribution in [-0.2, 0) is 0 Å². The van der Waals surface area contributed by atoms with Gasteiger partial charge in [0.05, 0.1) is 8.04 Å². The lowest BCUT2D eigenvalue weighted by Gasteiger charge is -1.94. The summed E-state index contributed by atoms with van der Waals surface area (Å²) in [5.74, 6) is -1.60. The average Bonchev–Trinajstić information content (AvgIpc) is 1.84. The number of aromatic nitrogens is 1. The molecule has 0 aromatic carbocycles. The lowest BCUT2D eigenvalue weighted by atomic mass is 10.5. The van der Waals surface area contributed by atoms with Crippen molar-refractivity contribution >= 4 is 38.5 Å². The molecule has 0 N–H and O–H groups in total. The molecule has 0 radical (unpaired) electrons. The van der Waals surface area contributed by atoms with Crippen LogP contribution < -0.4 is 0 Å². The highest BCUT2D eigenvalue weighted by Gasteiger charge is 2.06. The van der Waals surface area contributed by atoms with Gasteiger partial charge in [-0.1, -0.05) is 0 Å². The monoisotopic (exact) mass is 319 g/mol. The molecule has 1 nitrogen and oxygen atoms in total. The second-order valence-electron chi connectivity index (χ2n) is 1.53. The van der Waals surface area contributed by atoms with Gasteiger partial charge in [-0.25, -0.2) is 0 Å². The highest BCUT2D eigenvalue weighted by molar-refractivity contribution is 14.1. The lowest BCUT2D eigenvalue weighted by molar-refractivity contribution is 0.503. The molecule has 0 unspecified atom stereocenters. The van der Waals surface area contributed by atoms with E-state index in [1.807, 2.05) is 0 Å². The van der Waals surface area contributed by atoms with Gasteiger partial charge in [0.15, 0.2) is 0 Å². The SMILES string of the molecule is Fc1nc(F)c(I)cc1Br. The fraction of sp³-hybridized carbons (Fsp3) is 0. The molecule has 0 aliphatic rings. The topological polar surface area (TPSA) is 12.9 Å². The number of hydrogen-bond donors (Lipinski definition) is 0. The number of hydrogen-bond acceptors (Lipinski definition) is 1. The minimum Gasteiger partial charge on any atom is -0.189 e. The summed E-state index contributed by atoms with van der Waals surface area (Å²) in [5.41, 5.74) is 0. The van der Waals surface area contributed by atoms with Crippen molar-refractivity contribution < 1.29 is 8.78 Å². The zero-order valence-corrected chi connectivity index (χ0v) is 8.28. The Labute approximate surface area is 78.1 Å². The Morgan fingerprint density at radius 1 is 1.40 bits per heavy atom. The third kappa shape index (κ3) is 1.63. The van der Waals surface area contributed by atoms with Crippen LogP contribution in [0.25, 0.3) is 0 Å². The van der Waals surface area contributed by atoms with Crippen LogP contribution in [-0.4, -0.2) is 4.98 Å². The van der Waals surface area contributed by atoms with Crippen molar-refractivity contribution in [1.82, 2.24) is 4.98 Å². The summed E-state index contributed by atoms with van der Waals surface area (Å²) >= 11 is 4.60. The molecule has 0 saturated heterocycles. The molecule has 0 spiro atoms. The number of halogens is 4. The smallest absolute Gasteiger partial charge is 0.189 e. The molecule has 10 heavy (non-hydrogen) atoms. The molecule has 1 heterocycles. The lowest BCUT2D eigenvalue weighted by Crippen LogP contribution is -1.92. The van der Waals surface area contributed by atoms with Crippen LogP contribution in [0.5, 0.6) is 0 Å². The molecular weight excluding hydrogens is 319 g/mol. The standard InChI is InChI=1S/C5HBrF2IN/c6-2-1-3(9)5(8)10-4(2)7/h1H. The van der Waals surface area contributed by atoms with Crippen LogP contribution in [0, 0.1) is 15.5 Å². The third-order valence-corrected chi connectivity index (χ3v) is 2.16. The third-order valence-electron chi connectivity index (χ3n) is 0.844. The fourth-order valence-corrected chi connectivity index (χ4v) is 1.60. The van der Waals surface area contributed by atoms with Crippen LogP contribution in [0.2, 0.25) is 0 Å². The van der Waals surface area contributed by atoms with E-state index >= 15 is 0 Å². The predicted molar refractivity (Wildman–Crippen MR) is 44.6 cm³/mol. The molecule has 0 saturated carbocycles. The first-order valence-electron chi connectivity index (χ1n) is 2.28. The highest BCUT2D eigenvalue weighted by Crippen LogP contribution is 2.17. The minimum atomic E-state index is -0.821. The van der Waals surface area contributed by atoms with E-state index in [4.69, 9.17) is 0 Å². The summed E-state index contributed by atoms with van der Waals surface area (Å²) in [6, 6.07) is 1.33. The maximum absolute atomic E-state index is 12.4. The van der Waals surface area contributed by atoms with E-state index in [1.165, 1.54) is 6.07 Å². The molecule has 1 rings (SSSR count). The summed E-state index contributed by atoms with van der Waals surface area (Å²) in [7, 11) is 0. The summed E-state index contributed by atoms with van der Waals surface area (Å²) in [5, 5.41) is 0. The Kier molecular flexibility index (Phi) is 2.56. The van der Waals surface area contributed by atoms with Gasteiger partial charge in [0.25, 0.3) is 0 Å². The van der Waals surface area contributed by atoms with Gasteiger partial charge in [0.1, 0.15) is 0 Å². The summed E-state index contributed by atoms with van der Waals surface area (Å²) in [6.07, 6.45) is 0.